The maximum atomic E-state index is 11.0. The van der Waals surface area contributed by atoms with Crippen LogP contribution < -0.4 is 10.1 Å². The molecule has 0 aliphatic rings. The van der Waals surface area contributed by atoms with Crippen LogP contribution in [-0.4, -0.2) is 29.3 Å². The molecule has 0 radical (unpaired) electrons. The highest BCUT2D eigenvalue weighted by Gasteiger charge is 2.15. The fraction of sp³-hybridized carbons (Fsp3) is 0.188. The van der Waals surface area contributed by atoms with Gasteiger partial charge in [-0.2, -0.15) is 0 Å². The van der Waals surface area contributed by atoms with Crippen molar-refractivity contribution in [2.24, 2.45) is 0 Å². The maximum absolute atomic E-state index is 11.0. The number of likely N-dealkylation sites (N-methyl/N-ethyl adjacent to an activating group) is 1. The average Bonchev–Trinajstić information content (AvgIpc) is 2.48. The maximum Gasteiger partial charge on any atom is 0.321 e. The average molecular weight is 287 g/mol. The molecule has 2 aromatic rings. The van der Waals surface area contributed by atoms with Crippen LogP contribution >= 0.6 is 0 Å². The van der Waals surface area contributed by atoms with E-state index in [9.17, 15) is 9.90 Å². The van der Waals surface area contributed by atoms with Crippen molar-refractivity contribution in [2.45, 2.75) is 12.5 Å². The van der Waals surface area contributed by atoms with Gasteiger partial charge in [0.2, 0.25) is 0 Å². The second kappa shape index (κ2) is 6.76. The lowest BCUT2D eigenvalue weighted by Gasteiger charge is -2.11. The Hall–Kier alpha value is -2.53. The van der Waals surface area contributed by atoms with Gasteiger partial charge in [-0.25, -0.2) is 0 Å². The smallest absolute Gasteiger partial charge is 0.321 e. The van der Waals surface area contributed by atoms with E-state index < -0.39 is 12.0 Å². The summed E-state index contributed by atoms with van der Waals surface area (Å²) < 4.78 is 5.62. The number of hydrogen-bond acceptors (Lipinski definition) is 4. The highest BCUT2D eigenvalue weighted by Crippen LogP contribution is 2.23. The van der Waals surface area contributed by atoms with Crippen LogP contribution in [0.2, 0.25) is 0 Å². The second-order valence-corrected chi connectivity index (χ2v) is 4.62. The van der Waals surface area contributed by atoms with E-state index in [0.29, 0.717) is 17.9 Å². The SMILES string of the molecule is CN[C@@H](Cc1ccc(Oc2ccc(O)cc2)cc1)C(=O)O. The standard InChI is InChI=1S/C16H17NO4/c1-17-15(16(19)20)10-11-2-6-13(7-3-11)21-14-8-4-12(18)5-9-14/h2-9,15,17-18H,10H2,1H3,(H,19,20)/t15-/m0/s1. The lowest BCUT2D eigenvalue weighted by Crippen LogP contribution is -2.35. The molecular weight excluding hydrogens is 270 g/mol. The first kappa shape index (κ1) is 14.9. The van der Waals surface area contributed by atoms with Crippen LogP contribution in [0.15, 0.2) is 48.5 Å². The van der Waals surface area contributed by atoms with Crippen molar-refractivity contribution in [2.75, 3.05) is 7.05 Å². The number of aliphatic carboxylic acids is 1. The first-order valence-electron chi connectivity index (χ1n) is 6.54. The highest BCUT2D eigenvalue weighted by atomic mass is 16.5. The van der Waals surface area contributed by atoms with Gasteiger partial charge in [0.1, 0.15) is 23.3 Å². The minimum Gasteiger partial charge on any atom is -0.508 e. The van der Waals surface area contributed by atoms with Gasteiger partial charge in [-0.15, -0.1) is 0 Å². The molecule has 0 spiro atoms. The van der Waals surface area contributed by atoms with Crippen molar-refractivity contribution in [3.63, 3.8) is 0 Å². The summed E-state index contributed by atoms with van der Waals surface area (Å²) in [6, 6.07) is 13.1. The van der Waals surface area contributed by atoms with E-state index in [4.69, 9.17) is 9.84 Å². The number of carbonyl (C=O) groups is 1. The Bertz CT molecular complexity index is 593. The molecule has 0 fully saturated rings. The van der Waals surface area contributed by atoms with Gasteiger partial charge < -0.3 is 20.3 Å². The molecule has 1 atom stereocenters. The van der Waals surface area contributed by atoms with Gasteiger partial charge in [-0.1, -0.05) is 12.1 Å². The van der Waals surface area contributed by atoms with E-state index in [0.717, 1.165) is 5.56 Å². The van der Waals surface area contributed by atoms with Crippen LogP contribution in [0.1, 0.15) is 5.56 Å². The number of hydrogen-bond donors (Lipinski definition) is 3. The van der Waals surface area contributed by atoms with Gasteiger partial charge in [0.25, 0.3) is 0 Å². The Morgan fingerprint density at radius 2 is 1.62 bits per heavy atom. The topological polar surface area (TPSA) is 78.8 Å². The van der Waals surface area contributed by atoms with E-state index in [2.05, 4.69) is 5.32 Å². The predicted molar refractivity (Wildman–Crippen MR) is 78.8 cm³/mol. The van der Waals surface area contributed by atoms with E-state index in [1.54, 1.807) is 43.4 Å². The minimum atomic E-state index is -0.873. The molecule has 0 aliphatic carbocycles. The number of benzene rings is 2. The van der Waals surface area contributed by atoms with Gasteiger partial charge in [0.05, 0.1) is 0 Å². The zero-order chi connectivity index (χ0) is 15.2. The Balaban J connectivity index is 2.01. The summed E-state index contributed by atoms with van der Waals surface area (Å²) in [5.41, 5.74) is 0.912. The molecule has 110 valence electrons. The molecule has 0 saturated heterocycles. The van der Waals surface area contributed by atoms with Crippen LogP contribution in [0.3, 0.4) is 0 Å². The third-order valence-corrected chi connectivity index (χ3v) is 3.08. The molecule has 3 N–H and O–H groups in total. The van der Waals surface area contributed by atoms with Gasteiger partial charge in [0, 0.05) is 0 Å². The number of ether oxygens (including phenoxy) is 1. The number of nitrogens with one attached hydrogen (secondary N) is 1. The summed E-state index contributed by atoms with van der Waals surface area (Å²) >= 11 is 0. The molecule has 21 heavy (non-hydrogen) atoms. The van der Waals surface area contributed by atoms with Gasteiger partial charge >= 0.3 is 5.97 Å². The molecule has 5 nitrogen and oxygen atoms in total. The normalized spacial score (nSPS) is 11.9. The monoisotopic (exact) mass is 287 g/mol. The third kappa shape index (κ3) is 4.22. The van der Waals surface area contributed by atoms with Gasteiger partial charge in [0.15, 0.2) is 0 Å². The lowest BCUT2D eigenvalue weighted by atomic mass is 10.1. The van der Waals surface area contributed by atoms with Crippen LogP contribution in [0, 0.1) is 0 Å². The summed E-state index contributed by atoms with van der Waals surface area (Å²) in [6.45, 7) is 0. The fourth-order valence-corrected chi connectivity index (χ4v) is 1.89. The van der Waals surface area contributed by atoms with E-state index in [1.807, 2.05) is 12.1 Å². The Labute approximate surface area is 122 Å². The van der Waals surface area contributed by atoms with Crippen molar-refractivity contribution in [1.29, 1.82) is 0 Å². The number of phenolic OH excluding ortho intramolecular Hbond substituents is 1. The molecule has 0 bridgehead atoms. The molecule has 2 aromatic carbocycles. The minimum absolute atomic E-state index is 0.185. The quantitative estimate of drug-likeness (QED) is 0.760. The molecular formula is C16H17NO4. The first-order chi connectivity index (χ1) is 10.1. The fourth-order valence-electron chi connectivity index (χ4n) is 1.89. The zero-order valence-electron chi connectivity index (χ0n) is 11.6. The largest absolute Gasteiger partial charge is 0.508 e. The van der Waals surface area contributed by atoms with Crippen molar-refractivity contribution in [1.82, 2.24) is 5.32 Å². The number of carboxylic acids is 1. The molecule has 0 unspecified atom stereocenters. The molecule has 2 rings (SSSR count). The van der Waals surface area contributed by atoms with Crippen LogP contribution in [0.5, 0.6) is 17.2 Å². The van der Waals surface area contributed by atoms with Crippen molar-refractivity contribution in [3.05, 3.63) is 54.1 Å². The third-order valence-electron chi connectivity index (χ3n) is 3.08. The predicted octanol–water partition coefficient (Wildman–Crippen LogP) is 2.40. The number of rotatable bonds is 6. The molecule has 0 saturated carbocycles. The van der Waals surface area contributed by atoms with Crippen LogP contribution in [0.4, 0.5) is 0 Å². The van der Waals surface area contributed by atoms with Crippen molar-refractivity contribution in [3.8, 4) is 17.2 Å². The zero-order valence-corrected chi connectivity index (χ0v) is 11.6. The first-order valence-corrected chi connectivity index (χ1v) is 6.54. The number of carboxylic acid groups (broad SMARTS) is 1. The van der Waals surface area contributed by atoms with Gasteiger partial charge in [-0.3, -0.25) is 4.79 Å². The van der Waals surface area contributed by atoms with Crippen molar-refractivity contribution < 1.29 is 19.7 Å². The number of phenols is 1. The molecule has 0 aliphatic heterocycles. The Morgan fingerprint density at radius 1 is 1.10 bits per heavy atom. The van der Waals surface area contributed by atoms with Gasteiger partial charge in [-0.05, 0) is 55.4 Å². The summed E-state index contributed by atoms with van der Waals surface area (Å²) in [5.74, 6) is 0.589. The summed E-state index contributed by atoms with van der Waals surface area (Å²) in [6.07, 6.45) is 0.408. The molecule has 0 amide bonds. The highest BCUT2D eigenvalue weighted by molar-refractivity contribution is 5.73. The van der Waals surface area contributed by atoms with E-state index >= 15 is 0 Å². The van der Waals surface area contributed by atoms with E-state index in [-0.39, 0.29) is 5.75 Å². The van der Waals surface area contributed by atoms with Crippen LogP contribution in [0.25, 0.3) is 0 Å². The second-order valence-electron chi connectivity index (χ2n) is 4.62. The molecule has 0 aromatic heterocycles. The number of aromatic hydroxyl groups is 1. The van der Waals surface area contributed by atoms with Crippen molar-refractivity contribution >= 4 is 5.97 Å². The molecule has 0 heterocycles. The summed E-state index contributed by atoms with van der Waals surface area (Å²) in [7, 11) is 1.63. The van der Waals surface area contributed by atoms with E-state index in [1.165, 1.54) is 0 Å². The Kier molecular flexibility index (Phi) is 4.79. The lowest BCUT2D eigenvalue weighted by molar-refractivity contribution is -0.139. The summed E-state index contributed by atoms with van der Waals surface area (Å²) in [5, 5.41) is 21.0. The Morgan fingerprint density at radius 3 is 2.10 bits per heavy atom. The molecule has 5 heteroatoms. The van der Waals surface area contributed by atoms with Crippen LogP contribution in [-0.2, 0) is 11.2 Å². The summed E-state index contributed by atoms with van der Waals surface area (Å²) in [4.78, 5) is 11.0.